The van der Waals surface area contributed by atoms with E-state index in [1.54, 1.807) is 18.2 Å². The molecular weight excluding hydrogens is 236 g/mol. The molecule has 0 saturated heterocycles. The largest absolute Gasteiger partial charge is 0.496 e. The molecule has 1 aromatic heterocycles. The van der Waals surface area contributed by atoms with Gasteiger partial charge in [-0.15, -0.1) is 10.2 Å². The van der Waals surface area contributed by atoms with Crippen molar-refractivity contribution in [2.24, 2.45) is 0 Å². The molecule has 0 aliphatic carbocycles. The second kappa shape index (κ2) is 5.13. The quantitative estimate of drug-likeness (QED) is 0.640. The van der Waals surface area contributed by atoms with E-state index in [-0.39, 0.29) is 12.5 Å². The summed E-state index contributed by atoms with van der Waals surface area (Å²) in [4.78, 5) is 12.0. The summed E-state index contributed by atoms with van der Waals surface area (Å²) in [5.74, 6) is 0.451. The molecule has 1 amide bonds. The lowest BCUT2D eigenvalue weighted by molar-refractivity contribution is 0.0948. The molecule has 0 aliphatic rings. The normalized spacial score (nSPS) is 10.1. The van der Waals surface area contributed by atoms with Crippen molar-refractivity contribution in [3.8, 4) is 5.75 Å². The number of H-pyrrole nitrogens is 1. The molecule has 0 bridgehead atoms. The number of benzene rings is 1. The lowest BCUT2D eigenvalue weighted by atomic mass is 10.1. The molecule has 0 aliphatic heterocycles. The first kappa shape index (κ1) is 11.8. The molecule has 0 radical (unpaired) electrons. The number of ether oxygens (including phenoxy) is 1. The Bertz CT molecular complexity index is 539. The Morgan fingerprint density at radius 2 is 2.39 bits per heavy atom. The van der Waals surface area contributed by atoms with Gasteiger partial charge in [-0.3, -0.25) is 4.79 Å². The highest BCUT2D eigenvalue weighted by molar-refractivity contribution is 6.01. The van der Waals surface area contributed by atoms with E-state index in [9.17, 15) is 4.79 Å². The molecule has 2 aromatic rings. The number of hydrogen-bond donors (Lipinski definition) is 3. The highest BCUT2D eigenvalue weighted by Gasteiger charge is 2.15. The fourth-order valence-corrected chi connectivity index (χ4v) is 1.47. The number of amides is 1. The smallest absolute Gasteiger partial charge is 0.257 e. The first-order valence-corrected chi connectivity index (χ1v) is 5.15. The number of methoxy groups -OCH3 is 1. The molecule has 0 fully saturated rings. The van der Waals surface area contributed by atoms with E-state index in [0.29, 0.717) is 22.8 Å². The van der Waals surface area contributed by atoms with Crippen molar-refractivity contribution in [2.45, 2.75) is 6.54 Å². The molecule has 8 heteroatoms. The van der Waals surface area contributed by atoms with E-state index in [4.69, 9.17) is 10.5 Å². The molecule has 0 unspecified atom stereocenters. The molecule has 0 spiro atoms. The van der Waals surface area contributed by atoms with Crippen LogP contribution in [0.4, 0.5) is 5.69 Å². The third-order valence-electron chi connectivity index (χ3n) is 2.30. The van der Waals surface area contributed by atoms with Crippen molar-refractivity contribution in [2.75, 3.05) is 12.8 Å². The van der Waals surface area contributed by atoms with Crippen LogP contribution in [0.2, 0.25) is 0 Å². The molecule has 1 aromatic carbocycles. The predicted molar refractivity (Wildman–Crippen MR) is 62.8 cm³/mol. The number of nitrogens with two attached hydrogens (primary N) is 1. The number of hydrogen-bond acceptors (Lipinski definition) is 6. The van der Waals surface area contributed by atoms with Crippen molar-refractivity contribution >= 4 is 11.6 Å². The van der Waals surface area contributed by atoms with Crippen molar-refractivity contribution in [3.05, 3.63) is 29.6 Å². The van der Waals surface area contributed by atoms with Gasteiger partial charge in [0.2, 0.25) is 0 Å². The SMILES string of the molecule is COc1cccc(N)c1C(=O)NCc1nn[nH]n1. The zero-order valence-corrected chi connectivity index (χ0v) is 9.67. The Morgan fingerprint density at radius 1 is 1.56 bits per heavy atom. The number of carbonyl (C=O) groups is 1. The van der Waals surface area contributed by atoms with Gasteiger partial charge in [0, 0.05) is 5.69 Å². The number of anilines is 1. The molecule has 18 heavy (non-hydrogen) atoms. The number of aromatic nitrogens is 4. The summed E-state index contributed by atoms with van der Waals surface area (Å²) in [5, 5.41) is 15.8. The average molecular weight is 248 g/mol. The molecular formula is C10H12N6O2. The summed E-state index contributed by atoms with van der Waals surface area (Å²) in [6, 6.07) is 5.01. The van der Waals surface area contributed by atoms with Gasteiger partial charge < -0.3 is 15.8 Å². The van der Waals surface area contributed by atoms with Crippen LogP contribution in [0.1, 0.15) is 16.2 Å². The number of carbonyl (C=O) groups excluding carboxylic acids is 1. The highest BCUT2D eigenvalue weighted by atomic mass is 16.5. The lowest BCUT2D eigenvalue weighted by Gasteiger charge is -2.10. The number of nitrogens with zero attached hydrogens (tertiary/aromatic N) is 3. The molecule has 4 N–H and O–H groups in total. The minimum absolute atomic E-state index is 0.160. The van der Waals surface area contributed by atoms with Gasteiger partial charge in [-0.2, -0.15) is 5.21 Å². The summed E-state index contributed by atoms with van der Waals surface area (Å²) in [5.41, 5.74) is 6.40. The van der Waals surface area contributed by atoms with Crippen molar-refractivity contribution < 1.29 is 9.53 Å². The third kappa shape index (κ3) is 2.37. The Morgan fingerprint density at radius 3 is 3.06 bits per heavy atom. The maximum absolute atomic E-state index is 12.0. The Balaban J connectivity index is 2.13. The molecule has 1 heterocycles. The second-order valence-electron chi connectivity index (χ2n) is 3.44. The summed E-state index contributed by atoms with van der Waals surface area (Å²) < 4.78 is 5.09. The summed E-state index contributed by atoms with van der Waals surface area (Å²) >= 11 is 0. The average Bonchev–Trinajstić information content (AvgIpc) is 2.88. The van der Waals surface area contributed by atoms with E-state index in [2.05, 4.69) is 25.9 Å². The van der Waals surface area contributed by atoms with Crippen molar-refractivity contribution in [1.29, 1.82) is 0 Å². The van der Waals surface area contributed by atoms with Crippen LogP contribution in [0.5, 0.6) is 5.75 Å². The molecule has 0 saturated carbocycles. The van der Waals surface area contributed by atoms with Crippen LogP contribution in [0.15, 0.2) is 18.2 Å². The van der Waals surface area contributed by atoms with Crippen LogP contribution < -0.4 is 15.8 Å². The first-order valence-electron chi connectivity index (χ1n) is 5.15. The van der Waals surface area contributed by atoms with Crippen molar-refractivity contribution in [1.82, 2.24) is 25.9 Å². The van der Waals surface area contributed by atoms with Crippen LogP contribution >= 0.6 is 0 Å². The van der Waals surface area contributed by atoms with Gasteiger partial charge in [-0.25, -0.2) is 0 Å². The minimum Gasteiger partial charge on any atom is -0.496 e. The zero-order valence-electron chi connectivity index (χ0n) is 9.67. The number of nitrogens with one attached hydrogen (secondary N) is 2. The maximum atomic E-state index is 12.0. The van der Waals surface area contributed by atoms with Gasteiger partial charge in [0.1, 0.15) is 11.3 Å². The standard InChI is InChI=1S/C10H12N6O2/c1-18-7-4-2-3-6(11)9(7)10(17)12-5-8-13-15-16-14-8/h2-4H,5,11H2,1H3,(H,12,17)(H,13,14,15,16). The van der Waals surface area contributed by atoms with E-state index < -0.39 is 0 Å². The van der Waals surface area contributed by atoms with Gasteiger partial charge in [0.25, 0.3) is 5.91 Å². The van der Waals surface area contributed by atoms with Crippen LogP contribution in [0.3, 0.4) is 0 Å². The van der Waals surface area contributed by atoms with Crippen LogP contribution in [-0.4, -0.2) is 33.6 Å². The zero-order chi connectivity index (χ0) is 13.0. The fraction of sp³-hybridized carbons (Fsp3) is 0.200. The fourth-order valence-electron chi connectivity index (χ4n) is 1.47. The Kier molecular flexibility index (Phi) is 3.37. The topological polar surface area (TPSA) is 119 Å². The van der Waals surface area contributed by atoms with Gasteiger partial charge in [0.05, 0.1) is 13.7 Å². The van der Waals surface area contributed by atoms with E-state index >= 15 is 0 Å². The van der Waals surface area contributed by atoms with Crippen molar-refractivity contribution in [3.63, 3.8) is 0 Å². The van der Waals surface area contributed by atoms with Gasteiger partial charge in [-0.1, -0.05) is 11.3 Å². The third-order valence-corrected chi connectivity index (χ3v) is 2.30. The summed E-state index contributed by atoms with van der Waals surface area (Å²) in [6.45, 7) is 0.160. The Hall–Kier alpha value is -2.64. The molecule has 2 rings (SSSR count). The predicted octanol–water partition coefficient (Wildman–Crippen LogP) is -0.280. The molecule has 0 atom stereocenters. The Labute approximate surface area is 103 Å². The summed E-state index contributed by atoms with van der Waals surface area (Å²) in [7, 11) is 1.48. The van der Waals surface area contributed by atoms with Gasteiger partial charge >= 0.3 is 0 Å². The highest BCUT2D eigenvalue weighted by Crippen LogP contribution is 2.23. The van der Waals surface area contributed by atoms with Gasteiger partial charge in [0.15, 0.2) is 5.82 Å². The van der Waals surface area contributed by atoms with Gasteiger partial charge in [-0.05, 0) is 12.1 Å². The van der Waals surface area contributed by atoms with Crippen LogP contribution in [0, 0.1) is 0 Å². The number of tetrazole rings is 1. The van der Waals surface area contributed by atoms with E-state index in [0.717, 1.165) is 0 Å². The van der Waals surface area contributed by atoms with E-state index in [1.165, 1.54) is 7.11 Å². The molecule has 94 valence electrons. The van der Waals surface area contributed by atoms with Crippen LogP contribution in [0.25, 0.3) is 0 Å². The minimum atomic E-state index is -0.352. The number of rotatable bonds is 4. The van der Waals surface area contributed by atoms with E-state index in [1.807, 2.05) is 0 Å². The second-order valence-corrected chi connectivity index (χ2v) is 3.44. The monoisotopic (exact) mass is 248 g/mol. The first-order chi connectivity index (χ1) is 8.72. The van der Waals surface area contributed by atoms with Crippen LogP contribution in [-0.2, 0) is 6.54 Å². The lowest BCUT2D eigenvalue weighted by Crippen LogP contribution is -2.25. The number of nitrogen functional groups attached to an aromatic ring is 1. The molecule has 8 nitrogen and oxygen atoms in total. The number of aromatic amines is 1. The summed E-state index contributed by atoms with van der Waals surface area (Å²) in [6.07, 6.45) is 0. The maximum Gasteiger partial charge on any atom is 0.257 e.